The summed E-state index contributed by atoms with van der Waals surface area (Å²) >= 11 is 0. The minimum Gasteiger partial charge on any atom is -0.394 e. The summed E-state index contributed by atoms with van der Waals surface area (Å²) < 4.78 is 0. The zero-order chi connectivity index (χ0) is 38.7. The van der Waals surface area contributed by atoms with Crippen LogP contribution in [0.3, 0.4) is 0 Å². The Balaban J connectivity index is 3.49. The van der Waals surface area contributed by atoms with Crippen molar-refractivity contribution in [2.75, 3.05) is 6.61 Å². The highest BCUT2D eigenvalue weighted by Crippen LogP contribution is 2.18. The van der Waals surface area contributed by atoms with Crippen molar-refractivity contribution in [3.63, 3.8) is 0 Å². The molecular weight excluding hydrogens is 655 g/mol. The van der Waals surface area contributed by atoms with E-state index in [9.17, 15) is 20.1 Å². The molecule has 0 spiro atoms. The molecule has 0 aliphatic rings. The van der Waals surface area contributed by atoms with Gasteiger partial charge >= 0.3 is 0 Å². The molecule has 3 atom stereocenters. The smallest absolute Gasteiger partial charge is 0.220 e. The molecule has 318 valence electrons. The topological polar surface area (TPSA) is 89.8 Å². The maximum absolute atomic E-state index is 12.4. The first-order valence-corrected chi connectivity index (χ1v) is 24.3. The Labute approximate surface area is 332 Å². The van der Waals surface area contributed by atoms with E-state index in [1.54, 1.807) is 0 Å². The first-order chi connectivity index (χ1) is 26.1. The van der Waals surface area contributed by atoms with Gasteiger partial charge in [0, 0.05) is 6.42 Å². The Morgan fingerprint density at radius 3 is 0.906 bits per heavy atom. The van der Waals surface area contributed by atoms with Crippen LogP contribution in [0.15, 0.2) is 0 Å². The SMILES string of the molecule is CCCCCCCCCCCCCCCCCCCCCCCCCCCCC(=O)NC(CO)C(O)C(O)CCCCCCCCCCCCCCC. The normalized spacial score (nSPS) is 13.4. The Morgan fingerprint density at radius 1 is 0.396 bits per heavy atom. The molecule has 0 aromatic heterocycles. The van der Waals surface area contributed by atoms with Crippen LogP contribution in [0.4, 0.5) is 0 Å². The lowest BCUT2D eigenvalue weighted by Crippen LogP contribution is -2.50. The molecule has 1 amide bonds. The third-order valence-corrected chi connectivity index (χ3v) is 11.7. The summed E-state index contributed by atoms with van der Waals surface area (Å²) in [7, 11) is 0. The predicted octanol–water partition coefficient (Wildman–Crippen LogP) is 14.2. The van der Waals surface area contributed by atoms with Crippen LogP contribution in [0.25, 0.3) is 0 Å². The van der Waals surface area contributed by atoms with Gasteiger partial charge in [0.1, 0.15) is 6.10 Å². The molecule has 0 aromatic carbocycles. The van der Waals surface area contributed by atoms with Crippen molar-refractivity contribution >= 4 is 5.91 Å². The van der Waals surface area contributed by atoms with E-state index in [-0.39, 0.29) is 12.5 Å². The van der Waals surface area contributed by atoms with Crippen molar-refractivity contribution in [2.24, 2.45) is 0 Å². The number of nitrogens with one attached hydrogen (secondary N) is 1. The van der Waals surface area contributed by atoms with Crippen LogP contribution < -0.4 is 5.32 Å². The molecule has 5 heteroatoms. The van der Waals surface area contributed by atoms with Crippen LogP contribution in [0.5, 0.6) is 0 Å². The molecule has 0 rings (SSSR count). The van der Waals surface area contributed by atoms with E-state index in [1.165, 1.54) is 218 Å². The minimum absolute atomic E-state index is 0.138. The number of amides is 1. The summed E-state index contributed by atoms with van der Waals surface area (Å²) in [5, 5.41) is 33.6. The predicted molar refractivity (Wildman–Crippen MR) is 232 cm³/mol. The van der Waals surface area contributed by atoms with Crippen molar-refractivity contribution in [1.82, 2.24) is 5.32 Å². The van der Waals surface area contributed by atoms with Gasteiger partial charge in [-0.25, -0.2) is 0 Å². The van der Waals surface area contributed by atoms with Gasteiger partial charge in [-0.1, -0.05) is 258 Å². The van der Waals surface area contributed by atoms with Crippen LogP contribution in [-0.2, 0) is 4.79 Å². The van der Waals surface area contributed by atoms with E-state index in [0.717, 1.165) is 32.1 Å². The third kappa shape index (κ3) is 39.4. The van der Waals surface area contributed by atoms with Crippen molar-refractivity contribution in [3.8, 4) is 0 Å². The zero-order valence-corrected chi connectivity index (χ0v) is 36.2. The second-order valence-corrected chi connectivity index (χ2v) is 17.0. The lowest BCUT2D eigenvalue weighted by Gasteiger charge is -2.26. The molecule has 0 heterocycles. The van der Waals surface area contributed by atoms with E-state index >= 15 is 0 Å². The number of carbonyl (C=O) groups excluding carboxylic acids is 1. The molecule has 0 radical (unpaired) electrons. The Morgan fingerprint density at radius 2 is 0.642 bits per heavy atom. The minimum atomic E-state index is -1.13. The number of carbonyl (C=O) groups is 1. The first kappa shape index (κ1) is 52.3. The van der Waals surface area contributed by atoms with Gasteiger partial charge in [-0.05, 0) is 12.8 Å². The Hall–Kier alpha value is -0.650. The van der Waals surface area contributed by atoms with Gasteiger partial charge in [-0.2, -0.15) is 0 Å². The molecule has 0 aliphatic heterocycles. The number of hydrogen-bond donors (Lipinski definition) is 4. The molecule has 0 saturated carbocycles. The summed E-state index contributed by atoms with van der Waals surface area (Å²) in [5.74, 6) is -0.138. The Bertz CT molecular complexity index is 703. The quantitative estimate of drug-likeness (QED) is 0.0466. The van der Waals surface area contributed by atoms with Crippen LogP contribution in [0.2, 0.25) is 0 Å². The summed E-state index contributed by atoms with van der Waals surface area (Å²) in [6.45, 7) is 4.20. The van der Waals surface area contributed by atoms with Gasteiger partial charge < -0.3 is 20.6 Å². The molecule has 0 bridgehead atoms. The lowest BCUT2D eigenvalue weighted by molar-refractivity contribution is -0.124. The van der Waals surface area contributed by atoms with Gasteiger partial charge in [0.05, 0.1) is 18.8 Å². The number of unbranched alkanes of at least 4 members (excludes halogenated alkanes) is 37. The second-order valence-electron chi connectivity index (χ2n) is 17.0. The van der Waals surface area contributed by atoms with Gasteiger partial charge in [0.25, 0.3) is 0 Å². The van der Waals surface area contributed by atoms with E-state index in [1.807, 2.05) is 0 Å². The fourth-order valence-electron chi connectivity index (χ4n) is 7.93. The molecule has 0 aliphatic carbocycles. The summed E-state index contributed by atoms with van der Waals surface area (Å²) in [6.07, 6.45) is 50.9. The van der Waals surface area contributed by atoms with Crippen LogP contribution in [0, 0.1) is 0 Å². The van der Waals surface area contributed by atoms with Crippen molar-refractivity contribution in [3.05, 3.63) is 0 Å². The second kappa shape index (κ2) is 44.1. The lowest BCUT2D eigenvalue weighted by atomic mass is 9.99. The fourth-order valence-corrected chi connectivity index (χ4v) is 7.93. The average molecular weight is 752 g/mol. The number of hydrogen-bond acceptors (Lipinski definition) is 4. The standard InChI is InChI=1S/C48H97NO4/c1-3-5-7-9-11-13-15-17-18-19-20-21-22-23-24-25-26-27-28-29-31-33-35-37-39-41-43-47(52)49-45(44-50)48(53)46(51)42-40-38-36-34-32-30-16-14-12-10-8-6-4-2/h45-46,48,50-51,53H,3-44H2,1-2H3,(H,49,52). The van der Waals surface area contributed by atoms with Crippen LogP contribution in [0.1, 0.15) is 277 Å². The summed E-state index contributed by atoms with van der Waals surface area (Å²) in [6, 6.07) is -0.802. The van der Waals surface area contributed by atoms with Gasteiger partial charge in [0.2, 0.25) is 5.91 Å². The maximum atomic E-state index is 12.4. The molecule has 4 N–H and O–H groups in total. The van der Waals surface area contributed by atoms with E-state index in [2.05, 4.69) is 19.2 Å². The molecule has 0 aromatic rings. The van der Waals surface area contributed by atoms with Crippen LogP contribution in [-0.4, -0.2) is 46.1 Å². The number of aliphatic hydroxyl groups excluding tert-OH is 3. The zero-order valence-electron chi connectivity index (χ0n) is 36.2. The highest BCUT2D eigenvalue weighted by atomic mass is 16.3. The average Bonchev–Trinajstić information content (AvgIpc) is 3.16. The highest BCUT2D eigenvalue weighted by Gasteiger charge is 2.26. The largest absolute Gasteiger partial charge is 0.394 e. The third-order valence-electron chi connectivity index (χ3n) is 11.7. The van der Waals surface area contributed by atoms with E-state index in [4.69, 9.17) is 0 Å². The van der Waals surface area contributed by atoms with Crippen LogP contribution >= 0.6 is 0 Å². The molecular formula is C48H97NO4. The molecule has 5 nitrogen and oxygen atoms in total. The highest BCUT2D eigenvalue weighted by molar-refractivity contribution is 5.76. The van der Waals surface area contributed by atoms with Gasteiger partial charge in [-0.3, -0.25) is 4.79 Å². The summed E-state index contributed by atoms with van der Waals surface area (Å²) in [4.78, 5) is 12.4. The Kier molecular flexibility index (Phi) is 43.5. The number of aliphatic hydroxyl groups is 3. The fraction of sp³-hybridized carbons (Fsp3) is 0.979. The monoisotopic (exact) mass is 752 g/mol. The van der Waals surface area contributed by atoms with Gasteiger partial charge in [0.15, 0.2) is 0 Å². The van der Waals surface area contributed by atoms with E-state index in [0.29, 0.717) is 12.8 Å². The molecule has 3 unspecified atom stereocenters. The maximum Gasteiger partial charge on any atom is 0.220 e. The van der Waals surface area contributed by atoms with Crippen molar-refractivity contribution in [1.29, 1.82) is 0 Å². The first-order valence-electron chi connectivity index (χ1n) is 24.3. The van der Waals surface area contributed by atoms with Gasteiger partial charge in [-0.15, -0.1) is 0 Å². The molecule has 0 fully saturated rings. The van der Waals surface area contributed by atoms with E-state index < -0.39 is 18.2 Å². The molecule has 0 saturated heterocycles. The summed E-state index contributed by atoms with van der Waals surface area (Å²) in [5.41, 5.74) is 0. The molecule has 53 heavy (non-hydrogen) atoms. The van der Waals surface area contributed by atoms with Crippen molar-refractivity contribution in [2.45, 2.75) is 295 Å². The number of rotatable bonds is 45. The van der Waals surface area contributed by atoms with Crippen molar-refractivity contribution < 1.29 is 20.1 Å².